The van der Waals surface area contributed by atoms with Crippen LogP contribution in [-0.4, -0.2) is 32.4 Å². The summed E-state index contributed by atoms with van der Waals surface area (Å²) >= 11 is 0. The first-order valence-electron chi connectivity index (χ1n) is 4.66. The summed E-state index contributed by atoms with van der Waals surface area (Å²) in [6, 6.07) is 0. The second-order valence-electron chi connectivity index (χ2n) is 3.73. The first-order valence-corrected chi connectivity index (χ1v) is 6.48. The van der Waals surface area contributed by atoms with Gasteiger partial charge >= 0.3 is 0 Å². The molecular formula is C8H15F2NO2S. The fourth-order valence-electron chi connectivity index (χ4n) is 1.71. The Morgan fingerprint density at radius 2 is 1.79 bits per heavy atom. The van der Waals surface area contributed by atoms with Crippen LogP contribution >= 0.6 is 0 Å². The predicted octanol–water partition coefficient (Wildman–Crippen LogP) is 0.795. The third kappa shape index (κ3) is 2.88. The van der Waals surface area contributed by atoms with Gasteiger partial charge in [0.1, 0.15) is 9.84 Å². The van der Waals surface area contributed by atoms with E-state index < -0.39 is 21.7 Å². The molecule has 84 valence electrons. The van der Waals surface area contributed by atoms with Gasteiger partial charge < -0.3 is 5.73 Å². The van der Waals surface area contributed by atoms with Crippen molar-refractivity contribution < 1.29 is 17.2 Å². The van der Waals surface area contributed by atoms with Crippen molar-refractivity contribution in [1.82, 2.24) is 0 Å². The number of halogens is 2. The lowest BCUT2D eigenvalue weighted by molar-refractivity contribution is -0.0662. The largest absolute Gasteiger partial charge is 0.330 e. The predicted molar refractivity (Wildman–Crippen MR) is 50.0 cm³/mol. The summed E-state index contributed by atoms with van der Waals surface area (Å²) in [7, 11) is -3.06. The van der Waals surface area contributed by atoms with E-state index in [0.717, 1.165) is 0 Å². The van der Waals surface area contributed by atoms with Crippen LogP contribution < -0.4 is 5.73 Å². The molecule has 14 heavy (non-hydrogen) atoms. The molecule has 0 aromatic rings. The topological polar surface area (TPSA) is 60.2 Å². The van der Waals surface area contributed by atoms with Gasteiger partial charge in [-0.1, -0.05) is 0 Å². The van der Waals surface area contributed by atoms with Gasteiger partial charge in [-0.25, -0.2) is 17.2 Å². The van der Waals surface area contributed by atoms with Crippen molar-refractivity contribution in [2.45, 2.75) is 25.2 Å². The highest BCUT2D eigenvalue weighted by Gasteiger charge is 2.41. The van der Waals surface area contributed by atoms with Crippen molar-refractivity contribution in [2.75, 3.05) is 18.1 Å². The number of nitrogens with two attached hydrogens (primary N) is 1. The highest BCUT2D eigenvalue weighted by molar-refractivity contribution is 7.91. The van der Waals surface area contributed by atoms with E-state index in [4.69, 9.17) is 5.73 Å². The van der Waals surface area contributed by atoms with Gasteiger partial charge in [0.05, 0.1) is 11.5 Å². The second kappa shape index (κ2) is 4.10. The smallest absolute Gasteiger partial charge is 0.252 e. The van der Waals surface area contributed by atoms with Crippen LogP contribution in [-0.2, 0) is 9.84 Å². The molecular weight excluding hydrogens is 212 g/mol. The highest BCUT2D eigenvalue weighted by Crippen LogP contribution is 2.35. The van der Waals surface area contributed by atoms with E-state index in [1.54, 1.807) is 0 Å². The monoisotopic (exact) mass is 227 g/mol. The van der Waals surface area contributed by atoms with Gasteiger partial charge in [0, 0.05) is 12.3 Å². The molecule has 1 fully saturated rings. The van der Waals surface area contributed by atoms with Crippen LogP contribution in [0.15, 0.2) is 0 Å². The zero-order valence-corrected chi connectivity index (χ0v) is 8.69. The Labute approximate surface area is 82.6 Å². The quantitative estimate of drug-likeness (QED) is 0.775. The zero-order valence-electron chi connectivity index (χ0n) is 7.88. The molecule has 0 atom stereocenters. The highest BCUT2D eigenvalue weighted by atomic mass is 32.2. The van der Waals surface area contributed by atoms with Crippen LogP contribution in [0.3, 0.4) is 0 Å². The molecule has 1 rings (SSSR count). The van der Waals surface area contributed by atoms with Crippen molar-refractivity contribution in [3.63, 3.8) is 0 Å². The summed E-state index contributed by atoms with van der Waals surface area (Å²) in [5.74, 6) is -3.84. The Balaban J connectivity index is 2.57. The van der Waals surface area contributed by atoms with Crippen LogP contribution in [0, 0.1) is 5.92 Å². The fourth-order valence-corrected chi connectivity index (χ4v) is 3.20. The molecule has 0 amide bonds. The summed E-state index contributed by atoms with van der Waals surface area (Å²) in [6.45, 7) is -0.0593. The fraction of sp³-hybridized carbons (Fsp3) is 1.00. The molecule has 1 heterocycles. The van der Waals surface area contributed by atoms with Crippen molar-refractivity contribution in [3.05, 3.63) is 0 Å². The molecule has 1 aliphatic rings. The van der Waals surface area contributed by atoms with E-state index in [0.29, 0.717) is 0 Å². The number of alkyl halides is 2. The van der Waals surface area contributed by atoms with Crippen molar-refractivity contribution in [2.24, 2.45) is 11.7 Å². The number of hydrogen-bond donors (Lipinski definition) is 1. The standard InChI is InChI=1S/C8H15F2NO2S/c9-8(10,3-4-11)7-1-5-14(12,13)6-2-7/h7H,1-6,11H2. The summed E-state index contributed by atoms with van der Waals surface area (Å²) in [5.41, 5.74) is 5.08. The van der Waals surface area contributed by atoms with Gasteiger partial charge in [0.2, 0.25) is 0 Å². The molecule has 0 radical (unpaired) electrons. The van der Waals surface area contributed by atoms with E-state index in [1.165, 1.54) is 0 Å². The van der Waals surface area contributed by atoms with Crippen LogP contribution in [0.2, 0.25) is 0 Å². The average molecular weight is 227 g/mol. The zero-order chi connectivity index (χ0) is 10.8. The number of hydrogen-bond acceptors (Lipinski definition) is 3. The number of sulfone groups is 1. The second-order valence-corrected chi connectivity index (χ2v) is 6.03. The van der Waals surface area contributed by atoms with Crippen LogP contribution in [0.1, 0.15) is 19.3 Å². The van der Waals surface area contributed by atoms with Crippen molar-refractivity contribution in [1.29, 1.82) is 0 Å². The van der Waals surface area contributed by atoms with Gasteiger partial charge in [-0.3, -0.25) is 0 Å². The Kier molecular flexibility index (Phi) is 3.47. The number of rotatable bonds is 3. The molecule has 6 heteroatoms. The molecule has 1 saturated heterocycles. The van der Waals surface area contributed by atoms with Crippen LogP contribution in [0.4, 0.5) is 8.78 Å². The molecule has 0 aromatic carbocycles. The molecule has 0 aromatic heterocycles. The van der Waals surface area contributed by atoms with Crippen molar-refractivity contribution in [3.8, 4) is 0 Å². The normalized spacial score (nSPS) is 23.6. The van der Waals surface area contributed by atoms with E-state index in [1.807, 2.05) is 0 Å². The molecule has 2 N–H and O–H groups in total. The maximum atomic E-state index is 13.3. The summed E-state index contributed by atoms with van der Waals surface area (Å²) < 4.78 is 48.6. The molecule has 0 aliphatic carbocycles. The summed E-state index contributed by atoms with van der Waals surface area (Å²) in [5, 5.41) is 0. The average Bonchev–Trinajstić information content (AvgIpc) is 2.03. The lowest BCUT2D eigenvalue weighted by Gasteiger charge is -2.29. The SMILES string of the molecule is NCCC(F)(F)C1CCS(=O)(=O)CC1. The summed E-state index contributed by atoms with van der Waals surface area (Å²) in [4.78, 5) is 0. The minimum atomic E-state index is -3.06. The molecule has 0 spiro atoms. The van der Waals surface area contributed by atoms with Gasteiger partial charge in [0.25, 0.3) is 5.92 Å². The summed E-state index contributed by atoms with van der Waals surface area (Å²) in [6.07, 6.45) is -0.220. The van der Waals surface area contributed by atoms with E-state index >= 15 is 0 Å². The Morgan fingerprint density at radius 1 is 1.29 bits per heavy atom. The Morgan fingerprint density at radius 3 is 2.21 bits per heavy atom. The third-order valence-electron chi connectivity index (χ3n) is 2.63. The van der Waals surface area contributed by atoms with E-state index in [9.17, 15) is 17.2 Å². The van der Waals surface area contributed by atoms with Gasteiger partial charge in [-0.05, 0) is 19.4 Å². The third-order valence-corrected chi connectivity index (χ3v) is 4.34. The molecule has 0 unspecified atom stereocenters. The molecule has 1 aliphatic heterocycles. The lowest BCUT2D eigenvalue weighted by atomic mass is 9.93. The van der Waals surface area contributed by atoms with Crippen molar-refractivity contribution >= 4 is 9.84 Å². The lowest BCUT2D eigenvalue weighted by Crippen LogP contribution is -2.37. The van der Waals surface area contributed by atoms with Gasteiger partial charge in [-0.2, -0.15) is 0 Å². The van der Waals surface area contributed by atoms with Crippen LogP contribution in [0.25, 0.3) is 0 Å². The maximum Gasteiger partial charge on any atom is 0.252 e. The van der Waals surface area contributed by atoms with Crippen LogP contribution in [0.5, 0.6) is 0 Å². The molecule has 0 bridgehead atoms. The maximum absolute atomic E-state index is 13.3. The van der Waals surface area contributed by atoms with E-state index in [2.05, 4.69) is 0 Å². The Hall–Kier alpha value is -0.230. The van der Waals surface area contributed by atoms with E-state index in [-0.39, 0.29) is 37.3 Å². The van der Waals surface area contributed by atoms with Gasteiger partial charge in [-0.15, -0.1) is 0 Å². The molecule has 0 saturated carbocycles. The minimum absolute atomic E-state index is 0.0593. The Bertz CT molecular complexity index is 276. The first-order chi connectivity index (χ1) is 6.37. The molecule has 3 nitrogen and oxygen atoms in total. The minimum Gasteiger partial charge on any atom is -0.330 e. The first kappa shape index (κ1) is 11.8. The van der Waals surface area contributed by atoms with Gasteiger partial charge in [0.15, 0.2) is 0 Å².